The third kappa shape index (κ3) is 3.15. The van der Waals surface area contributed by atoms with Crippen molar-refractivity contribution >= 4 is 27.4 Å². The number of carbonyl (C=O) groups is 1. The summed E-state index contributed by atoms with van der Waals surface area (Å²) in [7, 11) is -3.96. The molecule has 0 bridgehead atoms. The summed E-state index contributed by atoms with van der Waals surface area (Å²) >= 11 is 0.762. The fraction of sp³-hybridized carbons (Fsp3) is 0.125. The number of hydrogen-bond donors (Lipinski definition) is 0. The van der Waals surface area contributed by atoms with E-state index in [-0.39, 0.29) is 15.4 Å². The van der Waals surface area contributed by atoms with Gasteiger partial charge in [-0.1, -0.05) is 11.8 Å². The third-order valence-electron chi connectivity index (χ3n) is 3.43. The van der Waals surface area contributed by atoms with Crippen LogP contribution in [0.25, 0.3) is 0 Å². The van der Waals surface area contributed by atoms with Crippen LogP contribution in [-0.2, 0) is 9.84 Å². The molecule has 0 radical (unpaired) electrons. The van der Waals surface area contributed by atoms with E-state index in [2.05, 4.69) is 4.74 Å². The van der Waals surface area contributed by atoms with Crippen molar-refractivity contribution in [3.05, 3.63) is 47.3 Å². The zero-order chi connectivity index (χ0) is 19.3. The number of alkyl halides is 2. The Morgan fingerprint density at radius 2 is 1.92 bits per heavy atom. The molecule has 0 unspecified atom stereocenters. The van der Waals surface area contributed by atoms with E-state index >= 15 is 0 Å². The maximum Gasteiger partial charge on any atom is 0.466 e. The number of nitriles is 1. The predicted molar refractivity (Wildman–Crippen MR) is 84.7 cm³/mol. The van der Waals surface area contributed by atoms with Crippen molar-refractivity contribution in [3.8, 4) is 11.8 Å². The van der Waals surface area contributed by atoms with E-state index < -0.39 is 43.8 Å². The van der Waals surface area contributed by atoms with Gasteiger partial charge in [0.2, 0.25) is 0 Å². The van der Waals surface area contributed by atoms with Gasteiger partial charge in [0.1, 0.15) is 5.82 Å². The molecule has 1 aliphatic rings. The summed E-state index contributed by atoms with van der Waals surface area (Å²) in [6.07, 6.45) is -3.41. The van der Waals surface area contributed by atoms with Crippen molar-refractivity contribution < 1.29 is 31.1 Å². The van der Waals surface area contributed by atoms with E-state index in [1.807, 2.05) is 0 Å². The smallest absolute Gasteiger partial charge is 0.424 e. The fourth-order valence-corrected chi connectivity index (χ4v) is 4.24. The normalized spacial score (nSPS) is 15.3. The zero-order valence-electron chi connectivity index (χ0n) is 12.9. The van der Waals surface area contributed by atoms with Gasteiger partial charge in [-0.25, -0.2) is 12.8 Å². The lowest BCUT2D eigenvalue weighted by Crippen LogP contribution is -2.28. The lowest BCUT2D eigenvalue weighted by molar-refractivity contribution is -0.125. The van der Waals surface area contributed by atoms with Crippen molar-refractivity contribution in [2.24, 2.45) is 0 Å². The first-order chi connectivity index (χ1) is 12.0. The summed E-state index contributed by atoms with van der Waals surface area (Å²) in [5, 5.41) is 8.88. The summed E-state index contributed by atoms with van der Waals surface area (Å²) < 4.78 is 69.0. The summed E-state index contributed by atoms with van der Waals surface area (Å²) in [6, 6.07) is 7.34. The van der Waals surface area contributed by atoms with E-state index in [4.69, 9.17) is 5.26 Å². The van der Waals surface area contributed by atoms with Gasteiger partial charge in [-0.2, -0.15) is 14.0 Å². The van der Waals surface area contributed by atoms with Gasteiger partial charge in [0.15, 0.2) is 15.6 Å². The van der Waals surface area contributed by atoms with Crippen LogP contribution in [-0.4, -0.2) is 26.6 Å². The first kappa shape index (κ1) is 18.3. The Balaban J connectivity index is 2.16. The minimum Gasteiger partial charge on any atom is -0.424 e. The second kappa shape index (κ2) is 6.03. The van der Waals surface area contributed by atoms with Gasteiger partial charge in [0.05, 0.1) is 27.0 Å². The van der Waals surface area contributed by atoms with Gasteiger partial charge in [0.25, 0.3) is 5.78 Å². The minimum atomic E-state index is -4.20. The second-order valence-electron chi connectivity index (χ2n) is 5.38. The van der Waals surface area contributed by atoms with Crippen molar-refractivity contribution in [2.75, 3.05) is 6.26 Å². The Labute approximate surface area is 150 Å². The first-order valence-corrected chi connectivity index (χ1v) is 9.61. The quantitative estimate of drug-likeness (QED) is 0.786. The third-order valence-corrected chi connectivity index (χ3v) is 5.58. The molecule has 0 saturated carbocycles. The molecular formula is C16H8F3NO4S2. The van der Waals surface area contributed by atoms with Gasteiger partial charge < -0.3 is 4.74 Å². The Bertz CT molecular complexity index is 1090. The number of Topliss-reactive ketones (excluding diaryl/α,β-unsaturated/α-hetero) is 1. The number of nitrogens with zero attached hydrogens (tertiary/aromatic N) is 1. The van der Waals surface area contributed by atoms with Gasteiger partial charge in [0, 0.05) is 11.2 Å². The Kier molecular flexibility index (Phi) is 4.24. The monoisotopic (exact) mass is 399 g/mol. The molecular weight excluding hydrogens is 391 g/mol. The topological polar surface area (TPSA) is 84.2 Å². The molecule has 0 N–H and O–H groups in total. The van der Waals surface area contributed by atoms with E-state index in [1.54, 1.807) is 6.07 Å². The first-order valence-electron chi connectivity index (χ1n) is 6.90. The number of ether oxygens (including phenoxy) is 1. The summed E-state index contributed by atoms with van der Waals surface area (Å²) in [6.45, 7) is 0. The average molecular weight is 399 g/mol. The molecule has 0 fully saturated rings. The van der Waals surface area contributed by atoms with Crippen LogP contribution in [0.2, 0.25) is 0 Å². The molecule has 0 atom stereocenters. The molecule has 3 rings (SSSR count). The number of sulfone groups is 1. The van der Waals surface area contributed by atoms with Crippen LogP contribution in [0.3, 0.4) is 0 Å². The largest absolute Gasteiger partial charge is 0.466 e. The van der Waals surface area contributed by atoms with Crippen molar-refractivity contribution in [3.63, 3.8) is 0 Å². The van der Waals surface area contributed by atoms with E-state index in [9.17, 15) is 26.4 Å². The van der Waals surface area contributed by atoms with Crippen LogP contribution in [0.4, 0.5) is 13.2 Å². The van der Waals surface area contributed by atoms with E-state index in [0.29, 0.717) is 0 Å². The lowest BCUT2D eigenvalue weighted by atomic mass is 10.1. The van der Waals surface area contributed by atoms with Crippen molar-refractivity contribution in [2.45, 2.75) is 20.8 Å². The van der Waals surface area contributed by atoms with Crippen LogP contribution >= 0.6 is 11.8 Å². The maximum atomic E-state index is 13.7. The molecule has 2 aromatic rings. The standard InChI is InChI=1S/C16H8F3NO4S2/c1-26(22,23)12-3-2-11(14-13(12)15(21)16(18,19)24-14)25-10-5-8(7-20)4-9(17)6-10/h2-6H,1H3. The maximum absolute atomic E-state index is 13.7. The lowest BCUT2D eigenvalue weighted by Gasteiger charge is -2.10. The van der Waals surface area contributed by atoms with Crippen molar-refractivity contribution in [1.29, 1.82) is 5.26 Å². The van der Waals surface area contributed by atoms with E-state index in [1.165, 1.54) is 12.1 Å². The number of halogens is 3. The summed E-state index contributed by atoms with van der Waals surface area (Å²) in [4.78, 5) is 11.5. The zero-order valence-corrected chi connectivity index (χ0v) is 14.6. The fourth-order valence-electron chi connectivity index (χ4n) is 2.38. The van der Waals surface area contributed by atoms with Crippen LogP contribution < -0.4 is 4.74 Å². The second-order valence-corrected chi connectivity index (χ2v) is 8.48. The van der Waals surface area contributed by atoms with Gasteiger partial charge in [-0.05, 0) is 30.3 Å². The number of benzene rings is 2. The van der Waals surface area contributed by atoms with Crippen LogP contribution in [0.15, 0.2) is 45.0 Å². The number of fused-ring (bicyclic) bond motifs is 1. The van der Waals surface area contributed by atoms with Crippen LogP contribution in [0.5, 0.6) is 5.75 Å². The molecule has 0 spiro atoms. The molecule has 1 aliphatic heterocycles. The SMILES string of the molecule is CS(=O)(=O)c1ccc(Sc2cc(F)cc(C#N)c2)c2c1C(=O)C(F)(F)O2. The van der Waals surface area contributed by atoms with Gasteiger partial charge in [-0.15, -0.1) is 0 Å². The Morgan fingerprint density at radius 3 is 2.54 bits per heavy atom. The highest BCUT2D eigenvalue weighted by Crippen LogP contribution is 2.47. The molecule has 134 valence electrons. The molecule has 0 saturated heterocycles. The highest BCUT2D eigenvalue weighted by molar-refractivity contribution is 7.99. The minimum absolute atomic E-state index is 0.00702. The Morgan fingerprint density at radius 1 is 1.23 bits per heavy atom. The number of ketones is 1. The van der Waals surface area contributed by atoms with Crippen LogP contribution in [0, 0.1) is 17.1 Å². The van der Waals surface area contributed by atoms with Crippen molar-refractivity contribution in [1.82, 2.24) is 0 Å². The molecule has 0 aromatic heterocycles. The molecule has 2 aromatic carbocycles. The molecule has 0 aliphatic carbocycles. The Hall–Kier alpha value is -2.51. The van der Waals surface area contributed by atoms with Crippen LogP contribution in [0.1, 0.15) is 15.9 Å². The number of carbonyl (C=O) groups excluding carboxylic acids is 1. The molecule has 10 heteroatoms. The van der Waals surface area contributed by atoms with E-state index in [0.717, 1.165) is 36.2 Å². The van der Waals surface area contributed by atoms with Gasteiger partial charge in [-0.3, -0.25) is 4.79 Å². The molecule has 26 heavy (non-hydrogen) atoms. The molecule has 5 nitrogen and oxygen atoms in total. The highest BCUT2D eigenvalue weighted by atomic mass is 32.2. The predicted octanol–water partition coefficient (Wildman–Crippen LogP) is 3.42. The molecule has 1 heterocycles. The van der Waals surface area contributed by atoms with Gasteiger partial charge >= 0.3 is 6.11 Å². The highest BCUT2D eigenvalue weighted by Gasteiger charge is 2.53. The number of hydrogen-bond acceptors (Lipinski definition) is 6. The summed E-state index contributed by atoms with van der Waals surface area (Å²) in [5.41, 5.74) is -0.723. The summed E-state index contributed by atoms with van der Waals surface area (Å²) in [5.74, 6) is -3.05. The average Bonchev–Trinajstić information content (AvgIpc) is 2.77. The molecule has 0 amide bonds. The number of rotatable bonds is 3.